The first-order valence-electron chi connectivity index (χ1n) is 11.5. The second-order valence-electron chi connectivity index (χ2n) is 7.17. The maximum absolute atomic E-state index is 12.1. The van der Waals surface area contributed by atoms with E-state index in [0.717, 1.165) is 0 Å². The summed E-state index contributed by atoms with van der Waals surface area (Å²) in [4.78, 5) is 24.2. The summed E-state index contributed by atoms with van der Waals surface area (Å²) in [5.41, 5.74) is 0.923. The molecule has 8 heteroatoms. The molecule has 190 valence electrons. The lowest BCUT2D eigenvalue weighted by Crippen LogP contribution is -2.08. The van der Waals surface area contributed by atoms with Gasteiger partial charge in [0.1, 0.15) is 13.2 Å². The molecule has 0 saturated heterocycles. The Morgan fingerprint density at radius 2 is 1.06 bits per heavy atom. The Morgan fingerprint density at radius 1 is 0.667 bits per heavy atom. The molecule has 0 fully saturated rings. The van der Waals surface area contributed by atoms with Gasteiger partial charge in [-0.05, 0) is 38.1 Å². The Kier molecular flexibility index (Phi) is 12.8. The second kappa shape index (κ2) is 16.1. The van der Waals surface area contributed by atoms with Crippen molar-refractivity contribution in [2.75, 3.05) is 52.9 Å². The molecule has 0 amide bonds. The summed E-state index contributed by atoms with van der Waals surface area (Å²) in [7, 11) is 0. The lowest BCUT2D eigenvalue weighted by atomic mass is 9.88. The van der Waals surface area contributed by atoms with Crippen LogP contribution in [0.25, 0.3) is 11.1 Å². The first-order valence-corrected chi connectivity index (χ1v) is 11.5. The largest absolute Gasteiger partial charge is 0.478 e. The molecule has 0 heterocycles. The molecule has 2 aromatic rings. The highest BCUT2D eigenvalue weighted by Crippen LogP contribution is 2.33. The number of rotatable bonds is 13. The van der Waals surface area contributed by atoms with Crippen LogP contribution >= 0.6 is 0 Å². The van der Waals surface area contributed by atoms with Gasteiger partial charge in [-0.1, -0.05) is 35.8 Å². The maximum Gasteiger partial charge on any atom is 0.336 e. The lowest BCUT2D eigenvalue weighted by Gasteiger charge is -2.14. The van der Waals surface area contributed by atoms with E-state index in [0.29, 0.717) is 50.8 Å². The summed E-state index contributed by atoms with van der Waals surface area (Å²) in [5.74, 6) is 9.17. The zero-order chi connectivity index (χ0) is 26.2. The zero-order valence-corrected chi connectivity index (χ0v) is 20.5. The minimum Gasteiger partial charge on any atom is -0.478 e. The summed E-state index contributed by atoms with van der Waals surface area (Å²) in [6.07, 6.45) is 0. The fourth-order valence-electron chi connectivity index (χ4n) is 3.24. The van der Waals surface area contributed by atoms with E-state index in [4.69, 9.17) is 18.9 Å². The van der Waals surface area contributed by atoms with Gasteiger partial charge in [0.25, 0.3) is 0 Å². The maximum atomic E-state index is 12.1. The second-order valence-corrected chi connectivity index (χ2v) is 7.17. The molecule has 0 aliphatic carbocycles. The minimum atomic E-state index is -1.21. The Balaban J connectivity index is 2.47. The quantitative estimate of drug-likeness (QED) is 0.321. The molecule has 2 aromatic carbocycles. The van der Waals surface area contributed by atoms with E-state index in [9.17, 15) is 19.8 Å². The molecule has 0 bridgehead atoms. The van der Waals surface area contributed by atoms with Crippen LogP contribution in [0.2, 0.25) is 0 Å². The summed E-state index contributed by atoms with van der Waals surface area (Å²) < 4.78 is 21.2. The molecule has 0 atom stereocenters. The van der Waals surface area contributed by atoms with E-state index in [-0.39, 0.29) is 35.5 Å². The fraction of sp³-hybridized carbons (Fsp3) is 0.357. The molecule has 2 N–H and O–H groups in total. The minimum absolute atomic E-state index is 0.0798. The Morgan fingerprint density at radius 3 is 1.42 bits per heavy atom. The lowest BCUT2D eigenvalue weighted by molar-refractivity contribution is 0.0662. The molecular formula is C28H30O8. The number of carboxylic acid groups (broad SMARTS) is 2. The van der Waals surface area contributed by atoms with Gasteiger partial charge in [-0.25, -0.2) is 9.59 Å². The Hall–Kier alpha value is -3.66. The van der Waals surface area contributed by atoms with Crippen molar-refractivity contribution >= 4 is 11.9 Å². The third-order valence-electron chi connectivity index (χ3n) is 4.79. The van der Waals surface area contributed by atoms with Crippen molar-refractivity contribution in [2.24, 2.45) is 0 Å². The van der Waals surface area contributed by atoms with Crippen molar-refractivity contribution in [1.82, 2.24) is 0 Å². The molecule has 0 aliphatic heterocycles. The van der Waals surface area contributed by atoms with Crippen LogP contribution in [0.5, 0.6) is 0 Å². The number of ether oxygens (including phenoxy) is 4. The van der Waals surface area contributed by atoms with Crippen LogP contribution in [-0.4, -0.2) is 75.0 Å². The molecule has 0 saturated carbocycles. The van der Waals surface area contributed by atoms with Crippen LogP contribution in [0.1, 0.15) is 45.7 Å². The van der Waals surface area contributed by atoms with Gasteiger partial charge in [0, 0.05) is 35.5 Å². The van der Waals surface area contributed by atoms with Crippen molar-refractivity contribution in [3.8, 4) is 34.8 Å². The van der Waals surface area contributed by atoms with E-state index in [1.807, 2.05) is 13.8 Å². The van der Waals surface area contributed by atoms with E-state index in [1.54, 1.807) is 24.3 Å². The Labute approximate surface area is 211 Å². The first kappa shape index (κ1) is 28.6. The summed E-state index contributed by atoms with van der Waals surface area (Å²) in [6.45, 7) is 6.81. The topological polar surface area (TPSA) is 112 Å². The molecule has 2 rings (SSSR count). The highest BCUT2D eigenvalue weighted by Gasteiger charge is 2.23. The van der Waals surface area contributed by atoms with Gasteiger partial charge in [-0.15, -0.1) is 0 Å². The number of carbonyl (C=O) groups is 2. The van der Waals surface area contributed by atoms with Crippen LogP contribution in [0.3, 0.4) is 0 Å². The van der Waals surface area contributed by atoms with E-state index >= 15 is 0 Å². The van der Waals surface area contributed by atoms with Crippen LogP contribution < -0.4 is 0 Å². The number of hydrogen-bond acceptors (Lipinski definition) is 6. The molecular weight excluding hydrogens is 464 g/mol. The SMILES string of the molecule is CCOCCOCC#Cc1cccc(C(=O)O)c1-c1c(C#CCOCCOCC)cccc1C(=O)O. The van der Waals surface area contributed by atoms with Crippen molar-refractivity contribution in [2.45, 2.75) is 13.8 Å². The van der Waals surface area contributed by atoms with Crippen LogP contribution in [0, 0.1) is 23.7 Å². The predicted molar refractivity (Wildman–Crippen MR) is 134 cm³/mol. The van der Waals surface area contributed by atoms with Gasteiger partial charge in [0.15, 0.2) is 0 Å². The van der Waals surface area contributed by atoms with Gasteiger partial charge in [-0.3, -0.25) is 0 Å². The highest BCUT2D eigenvalue weighted by atomic mass is 16.5. The van der Waals surface area contributed by atoms with Gasteiger partial charge < -0.3 is 29.2 Å². The number of aromatic carboxylic acids is 2. The van der Waals surface area contributed by atoms with Crippen molar-refractivity contribution in [1.29, 1.82) is 0 Å². The molecule has 0 radical (unpaired) electrons. The van der Waals surface area contributed by atoms with Gasteiger partial charge in [-0.2, -0.15) is 0 Å². The van der Waals surface area contributed by atoms with Crippen LogP contribution in [0.15, 0.2) is 36.4 Å². The predicted octanol–water partition coefficient (Wildman–Crippen LogP) is 3.56. The molecule has 0 aromatic heterocycles. The normalized spacial score (nSPS) is 10.2. The summed E-state index contributed by atoms with van der Waals surface area (Å²) >= 11 is 0. The average Bonchev–Trinajstić information content (AvgIpc) is 2.87. The number of benzene rings is 2. The standard InChI is InChI=1S/C28H30O8/c1-3-33-17-19-35-15-7-11-21-9-5-13-23(27(29)30)25(21)26-22(10-6-14-24(26)28(31)32)12-8-16-36-20-18-34-4-2/h5-6,9-10,13-14H,3-4,15-20H2,1-2H3,(H,29,30)(H,31,32). The van der Waals surface area contributed by atoms with Crippen LogP contribution in [0.4, 0.5) is 0 Å². The molecule has 0 spiro atoms. The summed E-state index contributed by atoms with van der Waals surface area (Å²) in [5, 5.41) is 19.8. The van der Waals surface area contributed by atoms with Gasteiger partial charge in [0.2, 0.25) is 0 Å². The van der Waals surface area contributed by atoms with Crippen molar-refractivity contribution in [3.63, 3.8) is 0 Å². The Bertz CT molecular complexity index is 1060. The van der Waals surface area contributed by atoms with Crippen molar-refractivity contribution < 1.29 is 38.7 Å². The van der Waals surface area contributed by atoms with E-state index < -0.39 is 11.9 Å². The molecule has 0 unspecified atom stereocenters. The van der Waals surface area contributed by atoms with Crippen molar-refractivity contribution in [3.05, 3.63) is 58.7 Å². The molecule has 0 aliphatic rings. The van der Waals surface area contributed by atoms with E-state index in [1.165, 1.54) is 12.1 Å². The third kappa shape index (κ3) is 8.84. The number of carboxylic acids is 2. The van der Waals surface area contributed by atoms with Gasteiger partial charge >= 0.3 is 11.9 Å². The molecule has 8 nitrogen and oxygen atoms in total. The van der Waals surface area contributed by atoms with E-state index in [2.05, 4.69) is 23.7 Å². The zero-order valence-electron chi connectivity index (χ0n) is 20.5. The molecule has 36 heavy (non-hydrogen) atoms. The average molecular weight is 495 g/mol. The van der Waals surface area contributed by atoms with Gasteiger partial charge in [0.05, 0.1) is 37.6 Å². The smallest absolute Gasteiger partial charge is 0.336 e. The highest BCUT2D eigenvalue weighted by molar-refractivity contribution is 6.05. The first-order chi connectivity index (χ1) is 17.5. The third-order valence-corrected chi connectivity index (χ3v) is 4.79. The summed E-state index contributed by atoms with van der Waals surface area (Å²) in [6, 6.07) is 9.23. The number of hydrogen-bond donors (Lipinski definition) is 2. The fourth-order valence-corrected chi connectivity index (χ4v) is 3.24. The van der Waals surface area contributed by atoms with Crippen LogP contribution in [-0.2, 0) is 18.9 Å². The monoisotopic (exact) mass is 494 g/mol.